The molecule has 3 aliphatic carbocycles. The van der Waals surface area contributed by atoms with Gasteiger partial charge in [0.05, 0.1) is 30.1 Å². The molecule has 136 valence electrons. The summed E-state index contributed by atoms with van der Waals surface area (Å²) in [6.45, 7) is 8.80. The number of carbonyl (C=O) groups is 2. The molecule has 2 spiro atoms. The van der Waals surface area contributed by atoms with E-state index in [1.54, 1.807) is 0 Å². The van der Waals surface area contributed by atoms with Crippen LogP contribution in [-0.2, 0) is 19.1 Å². The van der Waals surface area contributed by atoms with Gasteiger partial charge in [0.2, 0.25) is 0 Å². The van der Waals surface area contributed by atoms with Crippen LogP contribution < -0.4 is 0 Å². The molecule has 5 fully saturated rings. The Balaban J connectivity index is 1.71. The molecule has 0 unspecified atom stereocenters. The second-order valence-corrected chi connectivity index (χ2v) is 9.56. The quantitative estimate of drug-likeness (QED) is 0.535. The highest BCUT2D eigenvalue weighted by Crippen LogP contribution is 2.70. The first-order valence-electron chi connectivity index (χ1n) is 9.47. The van der Waals surface area contributed by atoms with E-state index in [9.17, 15) is 14.7 Å². The minimum Gasteiger partial charge on any atom is -0.465 e. The summed E-state index contributed by atoms with van der Waals surface area (Å²) in [6, 6.07) is 0. The van der Waals surface area contributed by atoms with Crippen molar-refractivity contribution in [3.63, 3.8) is 0 Å². The number of Topliss-reactive ketones (excluding diaryl/α,β-unsaturated/α-hetero) is 1. The van der Waals surface area contributed by atoms with Gasteiger partial charge >= 0.3 is 5.97 Å². The predicted molar refractivity (Wildman–Crippen MR) is 88.4 cm³/mol. The van der Waals surface area contributed by atoms with Crippen molar-refractivity contribution in [2.24, 2.45) is 34.0 Å². The highest BCUT2D eigenvalue weighted by Gasteiger charge is 2.76. The lowest BCUT2D eigenvalue weighted by Crippen LogP contribution is -2.68. The molecule has 0 amide bonds. The zero-order chi connectivity index (χ0) is 17.8. The molecule has 7 atom stereocenters. The summed E-state index contributed by atoms with van der Waals surface area (Å²) in [4.78, 5) is 25.9. The van der Waals surface area contributed by atoms with Crippen molar-refractivity contribution in [3.8, 4) is 0 Å². The first-order valence-corrected chi connectivity index (χ1v) is 9.47. The summed E-state index contributed by atoms with van der Waals surface area (Å²) in [5, 5.41) is 11.1. The van der Waals surface area contributed by atoms with Crippen molar-refractivity contribution < 1.29 is 24.2 Å². The SMILES string of the molecule is C=C1C(=O)[C@@]23CO[C@H]4CCC(C)(C)[C@H]5C(=O)OC[C@@]45[C@@H]2CC[C@@H]1[C@H]3O. The van der Waals surface area contributed by atoms with Crippen molar-refractivity contribution in [1.29, 1.82) is 0 Å². The lowest BCUT2D eigenvalue weighted by Gasteiger charge is -2.62. The monoisotopic (exact) mass is 346 g/mol. The van der Waals surface area contributed by atoms with E-state index in [0.717, 1.165) is 25.7 Å². The average molecular weight is 346 g/mol. The molecule has 25 heavy (non-hydrogen) atoms. The van der Waals surface area contributed by atoms with Crippen LogP contribution in [0.3, 0.4) is 0 Å². The van der Waals surface area contributed by atoms with Gasteiger partial charge in [-0.05, 0) is 42.6 Å². The topological polar surface area (TPSA) is 72.8 Å². The maximum atomic E-state index is 13.2. The summed E-state index contributed by atoms with van der Waals surface area (Å²) < 4.78 is 11.9. The standard InChI is InChI=1S/C20H26O5/c1-10-11-4-5-12-19-8-25-17(23)14(19)18(2,3)7-6-13(19)24-9-20(12,15(10)21)16(11)22/h11-14,16,22H,1,4-9H2,2-3H3/t11-,12-,13-,14+,16+,19+,20+/m0/s1. The Morgan fingerprint density at radius 1 is 1.16 bits per heavy atom. The highest BCUT2D eigenvalue weighted by atomic mass is 16.5. The van der Waals surface area contributed by atoms with Crippen LogP contribution in [0.5, 0.6) is 0 Å². The molecular weight excluding hydrogens is 320 g/mol. The summed E-state index contributed by atoms with van der Waals surface area (Å²) in [5.74, 6) is -0.703. The number of fused-ring (bicyclic) bond motifs is 1. The molecule has 2 heterocycles. The molecule has 2 aliphatic heterocycles. The molecule has 5 rings (SSSR count). The third kappa shape index (κ3) is 1.55. The lowest BCUT2D eigenvalue weighted by molar-refractivity contribution is -0.256. The maximum absolute atomic E-state index is 13.2. The van der Waals surface area contributed by atoms with Gasteiger partial charge in [-0.3, -0.25) is 9.59 Å². The molecule has 2 saturated heterocycles. The van der Waals surface area contributed by atoms with Crippen molar-refractivity contribution in [3.05, 3.63) is 12.2 Å². The van der Waals surface area contributed by atoms with E-state index < -0.39 is 16.9 Å². The summed E-state index contributed by atoms with van der Waals surface area (Å²) in [6.07, 6.45) is 2.55. The van der Waals surface area contributed by atoms with E-state index in [0.29, 0.717) is 12.2 Å². The Bertz CT molecular complexity index is 696. The Morgan fingerprint density at radius 3 is 2.68 bits per heavy atom. The summed E-state index contributed by atoms with van der Waals surface area (Å²) in [5.41, 5.74) is -1.07. The van der Waals surface area contributed by atoms with Gasteiger partial charge in [-0.1, -0.05) is 20.4 Å². The zero-order valence-electron chi connectivity index (χ0n) is 14.9. The van der Waals surface area contributed by atoms with Gasteiger partial charge in [0.25, 0.3) is 0 Å². The Hall–Kier alpha value is -1.20. The van der Waals surface area contributed by atoms with Crippen LogP contribution in [0.4, 0.5) is 0 Å². The average Bonchev–Trinajstić information content (AvgIpc) is 2.96. The Labute approximate surface area is 147 Å². The normalized spacial score (nSPS) is 53.1. The van der Waals surface area contributed by atoms with Gasteiger partial charge in [-0.15, -0.1) is 0 Å². The lowest BCUT2D eigenvalue weighted by atomic mass is 9.44. The molecule has 0 aromatic carbocycles. The van der Waals surface area contributed by atoms with E-state index in [4.69, 9.17) is 9.47 Å². The van der Waals surface area contributed by atoms with Gasteiger partial charge in [-0.25, -0.2) is 0 Å². The number of cyclic esters (lactones) is 1. The number of aliphatic hydroxyl groups excluding tert-OH is 1. The molecule has 0 aromatic rings. The molecule has 2 bridgehead atoms. The summed E-state index contributed by atoms with van der Waals surface area (Å²) in [7, 11) is 0. The number of rotatable bonds is 0. The van der Waals surface area contributed by atoms with E-state index in [1.165, 1.54) is 0 Å². The molecule has 1 N–H and O–H groups in total. The van der Waals surface area contributed by atoms with Crippen LogP contribution in [-0.4, -0.2) is 42.3 Å². The fourth-order valence-electron chi connectivity index (χ4n) is 7.28. The van der Waals surface area contributed by atoms with Gasteiger partial charge in [-0.2, -0.15) is 0 Å². The summed E-state index contributed by atoms with van der Waals surface area (Å²) >= 11 is 0. The fraction of sp³-hybridized carbons (Fsp3) is 0.800. The van der Waals surface area contributed by atoms with Crippen LogP contribution in [0.1, 0.15) is 39.5 Å². The minimum atomic E-state index is -0.934. The third-order valence-electron chi connectivity index (χ3n) is 8.30. The molecule has 0 radical (unpaired) electrons. The molecular formula is C20H26O5. The number of hydrogen-bond acceptors (Lipinski definition) is 5. The predicted octanol–water partition coefficient (Wildman–Crippen LogP) is 1.88. The number of aliphatic hydroxyl groups is 1. The van der Waals surface area contributed by atoms with Gasteiger partial charge in [0.15, 0.2) is 5.78 Å². The van der Waals surface area contributed by atoms with Crippen molar-refractivity contribution in [1.82, 2.24) is 0 Å². The number of esters is 1. The number of carbonyl (C=O) groups excluding carboxylic acids is 2. The van der Waals surface area contributed by atoms with E-state index in [-0.39, 0.29) is 47.6 Å². The van der Waals surface area contributed by atoms with Crippen molar-refractivity contribution in [2.45, 2.75) is 51.7 Å². The Morgan fingerprint density at radius 2 is 1.92 bits per heavy atom. The van der Waals surface area contributed by atoms with Crippen LogP contribution in [0, 0.1) is 34.0 Å². The van der Waals surface area contributed by atoms with Crippen molar-refractivity contribution >= 4 is 11.8 Å². The fourth-order valence-corrected chi connectivity index (χ4v) is 7.28. The molecule has 3 saturated carbocycles. The highest BCUT2D eigenvalue weighted by molar-refractivity contribution is 6.04. The molecule has 5 heteroatoms. The van der Waals surface area contributed by atoms with Gasteiger partial charge in [0, 0.05) is 11.3 Å². The molecule has 0 aromatic heterocycles. The van der Waals surface area contributed by atoms with Crippen LogP contribution >= 0.6 is 0 Å². The number of hydrogen-bond donors (Lipinski definition) is 1. The van der Waals surface area contributed by atoms with Gasteiger partial charge < -0.3 is 14.6 Å². The molecule has 5 aliphatic rings. The number of ether oxygens (including phenoxy) is 2. The Kier molecular flexibility index (Phi) is 2.91. The van der Waals surface area contributed by atoms with Crippen LogP contribution in [0.15, 0.2) is 12.2 Å². The smallest absolute Gasteiger partial charge is 0.310 e. The van der Waals surface area contributed by atoms with Gasteiger partial charge in [0.1, 0.15) is 6.61 Å². The van der Waals surface area contributed by atoms with Crippen molar-refractivity contribution in [2.75, 3.05) is 13.2 Å². The second-order valence-electron chi connectivity index (χ2n) is 9.56. The first-order chi connectivity index (χ1) is 11.8. The van der Waals surface area contributed by atoms with E-state index in [2.05, 4.69) is 20.4 Å². The maximum Gasteiger partial charge on any atom is 0.310 e. The van der Waals surface area contributed by atoms with Crippen LogP contribution in [0.2, 0.25) is 0 Å². The minimum absolute atomic E-state index is 0.0400. The van der Waals surface area contributed by atoms with Crippen LogP contribution in [0.25, 0.3) is 0 Å². The first kappa shape index (κ1) is 16.0. The second kappa shape index (κ2) is 4.55. The third-order valence-corrected chi connectivity index (χ3v) is 8.30. The zero-order valence-corrected chi connectivity index (χ0v) is 14.9. The molecule has 5 nitrogen and oxygen atoms in total. The largest absolute Gasteiger partial charge is 0.465 e. The van der Waals surface area contributed by atoms with E-state index >= 15 is 0 Å². The van der Waals surface area contributed by atoms with E-state index in [1.807, 2.05) is 0 Å². The number of ketones is 1.